The van der Waals surface area contributed by atoms with Crippen molar-refractivity contribution in [3.8, 4) is 0 Å². The van der Waals surface area contributed by atoms with Crippen LogP contribution in [0.15, 0.2) is 0 Å². The van der Waals surface area contributed by atoms with Gasteiger partial charge in [0.1, 0.15) is 5.78 Å². The number of rotatable bonds is 24. The van der Waals surface area contributed by atoms with Crippen LogP contribution in [0.5, 0.6) is 0 Å². The molecule has 0 aromatic heterocycles. The summed E-state index contributed by atoms with van der Waals surface area (Å²) in [4.78, 5) is 60.8. The van der Waals surface area contributed by atoms with Gasteiger partial charge in [-0.15, -0.1) is 23.5 Å². The third kappa shape index (κ3) is 21.4. The van der Waals surface area contributed by atoms with Crippen LogP contribution in [0.3, 0.4) is 0 Å². The number of ketones is 1. The van der Waals surface area contributed by atoms with E-state index >= 15 is 0 Å². The number of thioether (sulfide) groups is 2. The highest BCUT2D eigenvalue weighted by molar-refractivity contribution is 8.15. The van der Waals surface area contributed by atoms with Crippen LogP contribution in [0.1, 0.15) is 6.92 Å². The van der Waals surface area contributed by atoms with Crippen molar-refractivity contribution in [1.29, 1.82) is 0 Å². The summed E-state index contributed by atoms with van der Waals surface area (Å²) >= 11 is 3.46. The smallest absolute Gasteiger partial charge is 0.234 e. The SMILES string of the molecule is CNCCSCSCCNC(=O)CN(CCN(CCN(CC(C)=O)CC(=O)[O-])CC(=O)[O-])CC(=O)[O-]. The minimum Gasteiger partial charge on any atom is -0.549 e. The summed E-state index contributed by atoms with van der Waals surface area (Å²) in [5.41, 5.74) is 0. The van der Waals surface area contributed by atoms with E-state index < -0.39 is 37.5 Å². The number of hydrogen-bond donors (Lipinski definition) is 2. The van der Waals surface area contributed by atoms with Gasteiger partial charge in [-0.25, -0.2) is 0 Å². The van der Waals surface area contributed by atoms with Crippen LogP contribution >= 0.6 is 23.5 Å². The van der Waals surface area contributed by atoms with E-state index in [-0.39, 0.29) is 51.0 Å². The van der Waals surface area contributed by atoms with Gasteiger partial charge in [0, 0.05) is 75.5 Å². The van der Waals surface area contributed by atoms with Gasteiger partial charge < -0.3 is 40.3 Å². The van der Waals surface area contributed by atoms with Crippen LogP contribution < -0.4 is 26.0 Å². The standard InChI is InChI=1S/C21H39N5O8S2/c1-17(27)11-25(14-20(31)32)7-5-24(13-19(29)30)6-8-26(15-21(33)34)12-18(28)23-4-10-36-16-35-9-3-22-2/h22H,3-16H2,1-2H3,(H,23,28)(H,29,30)(H,31,32)(H,33,34)/p-3. The number of carboxylic acid groups (broad SMARTS) is 3. The van der Waals surface area contributed by atoms with Gasteiger partial charge in [-0.3, -0.25) is 24.3 Å². The molecule has 0 fully saturated rings. The molecular formula is C21H36N5O8S2-3. The van der Waals surface area contributed by atoms with E-state index in [1.165, 1.54) is 21.6 Å². The summed E-state index contributed by atoms with van der Waals surface area (Å²) in [6, 6.07) is 0. The molecule has 0 aliphatic heterocycles. The fourth-order valence-corrected chi connectivity index (χ4v) is 5.01. The maximum Gasteiger partial charge on any atom is 0.234 e. The molecule has 2 N–H and O–H groups in total. The average Bonchev–Trinajstić information content (AvgIpc) is 2.75. The van der Waals surface area contributed by atoms with Crippen LogP contribution in [0, 0.1) is 0 Å². The van der Waals surface area contributed by atoms with E-state index in [4.69, 9.17) is 0 Å². The molecule has 0 saturated carbocycles. The zero-order valence-electron chi connectivity index (χ0n) is 20.8. The zero-order valence-corrected chi connectivity index (χ0v) is 22.5. The first kappa shape index (κ1) is 34.1. The summed E-state index contributed by atoms with van der Waals surface area (Å²) in [6.07, 6.45) is 0. The summed E-state index contributed by atoms with van der Waals surface area (Å²) in [5.74, 6) is -3.06. The van der Waals surface area contributed by atoms with Gasteiger partial charge in [0.05, 0.1) is 31.0 Å². The quantitative estimate of drug-likeness (QED) is 0.0855. The molecule has 0 rings (SSSR count). The maximum atomic E-state index is 12.2. The molecule has 0 unspecified atom stereocenters. The second-order valence-corrected chi connectivity index (χ2v) is 10.5. The molecule has 208 valence electrons. The fourth-order valence-electron chi connectivity index (χ4n) is 3.00. The molecule has 0 radical (unpaired) electrons. The lowest BCUT2D eigenvalue weighted by Gasteiger charge is -2.30. The number of carbonyl (C=O) groups is 5. The molecule has 0 bridgehead atoms. The van der Waals surface area contributed by atoms with Crippen molar-refractivity contribution in [2.75, 3.05) is 95.6 Å². The van der Waals surface area contributed by atoms with Crippen LogP contribution in [0.25, 0.3) is 0 Å². The lowest BCUT2D eigenvalue weighted by molar-refractivity contribution is -0.308. The van der Waals surface area contributed by atoms with Crippen molar-refractivity contribution in [3.63, 3.8) is 0 Å². The van der Waals surface area contributed by atoms with E-state index in [1.807, 2.05) is 7.05 Å². The Balaban J connectivity index is 4.71. The molecule has 0 aromatic carbocycles. The molecule has 0 atom stereocenters. The van der Waals surface area contributed by atoms with Crippen molar-refractivity contribution < 1.29 is 39.3 Å². The molecule has 0 aliphatic carbocycles. The predicted molar refractivity (Wildman–Crippen MR) is 132 cm³/mol. The summed E-state index contributed by atoms with van der Waals surface area (Å²) in [7, 11) is 1.89. The van der Waals surface area contributed by atoms with Gasteiger partial charge in [0.2, 0.25) is 5.91 Å². The zero-order chi connectivity index (χ0) is 27.3. The Morgan fingerprint density at radius 3 is 1.58 bits per heavy atom. The van der Waals surface area contributed by atoms with E-state index in [1.54, 1.807) is 23.5 Å². The second kappa shape index (κ2) is 21.2. The highest BCUT2D eigenvalue weighted by Crippen LogP contribution is 2.10. The Bertz CT molecular complexity index is 685. The minimum atomic E-state index is -1.38. The Labute approximate surface area is 220 Å². The highest BCUT2D eigenvalue weighted by atomic mass is 32.2. The summed E-state index contributed by atoms with van der Waals surface area (Å²) in [6.45, 7) is 1.02. The number of aliphatic carboxylic acids is 3. The lowest BCUT2D eigenvalue weighted by atomic mass is 10.3. The largest absolute Gasteiger partial charge is 0.549 e. The number of nitrogens with one attached hydrogen (secondary N) is 2. The van der Waals surface area contributed by atoms with Crippen molar-refractivity contribution in [2.45, 2.75) is 6.92 Å². The first-order chi connectivity index (χ1) is 17.0. The predicted octanol–water partition coefficient (Wildman–Crippen LogP) is -5.51. The number of hydrogen-bond acceptors (Lipinski definition) is 14. The molecule has 0 heterocycles. The van der Waals surface area contributed by atoms with Gasteiger partial charge in [-0.1, -0.05) is 0 Å². The number of Topliss-reactive ketones (excluding diaryl/α,β-unsaturated/α-hetero) is 1. The molecule has 0 saturated heterocycles. The maximum absolute atomic E-state index is 12.2. The normalized spacial score (nSPS) is 11.2. The Hall–Kier alpha value is -1.91. The molecule has 1 amide bonds. The third-order valence-corrected chi connectivity index (χ3v) is 6.89. The Morgan fingerprint density at radius 2 is 1.11 bits per heavy atom. The third-order valence-electron chi connectivity index (χ3n) is 4.57. The second-order valence-electron chi connectivity index (χ2n) is 7.90. The minimum absolute atomic E-state index is 0.0404. The van der Waals surface area contributed by atoms with Crippen LogP contribution in [-0.4, -0.2) is 140 Å². The average molecular weight is 551 g/mol. The van der Waals surface area contributed by atoms with Crippen molar-refractivity contribution in [3.05, 3.63) is 0 Å². The topological polar surface area (TPSA) is 188 Å². The molecule has 36 heavy (non-hydrogen) atoms. The summed E-state index contributed by atoms with van der Waals surface area (Å²) < 4.78 is 0. The van der Waals surface area contributed by atoms with Crippen LogP contribution in [0.2, 0.25) is 0 Å². The highest BCUT2D eigenvalue weighted by Gasteiger charge is 2.15. The number of carbonyl (C=O) groups excluding carboxylic acids is 5. The van der Waals surface area contributed by atoms with E-state index in [9.17, 15) is 39.3 Å². The molecule has 0 aromatic rings. The van der Waals surface area contributed by atoms with Gasteiger partial charge in [-0.2, -0.15) is 0 Å². The van der Waals surface area contributed by atoms with E-state index in [0.717, 1.165) is 17.4 Å². The molecule has 0 aliphatic rings. The number of amides is 1. The van der Waals surface area contributed by atoms with E-state index in [2.05, 4.69) is 10.6 Å². The van der Waals surface area contributed by atoms with Crippen LogP contribution in [-0.2, 0) is 24.0 Å². The molecule has 0 spiro atoms. The number of nitrogens with zero attached hydrogens (tertiary/aromatic N) is 3. The van der Waals surface area contributed by atoms with Gasteiger partial charge in [0.15, 0.2) is 0 Å². The first-order valence-electron chi connectivity index (χ1n) is 11.4. The Kier molecular flexibility index (Phi) is 20.1. The molecular weight excluding hydrogens is 514 g/mol. The van der Waals surface area contributed by atoms with Gasteiger partial charge >= 0.3 is 0 Å². The van der Waals surface area contributed by atoms with Gasteiger partial charge in [0.25, 0.3) is 0 Å². The number of carboxylic acids is 3. The van der Waals surface area contributed by atoms with E-state index in [0.29, 0.717) is 12.3 Å². The fraction of sp³-hybridized carbons (Fsp3) is 0.762. The van der Waals surface area contributed by atoms with Crippen molar-refractivity contribution in [2.24, 2.45) is 0 Å². The molecule has 15 heteroatoms. The van der Waals surface area contributed by atoms with Gasteiger partial charge in [-0.05, 0) is 14.0 Å². The molecule has 13 nitrogen and oxygen atoms in total. The van der Waals surface area contributed by atoms with Crippen LogP contribution in [0.4, 0.5) is 0 Å². The van der Waals surface area contributed by atoms with Crippen molar-refractivity contribution in [1.82, 2.24) is 25.3 Å². The first-order valence-corrected chi connectivity index (χ1v) is 13.7. The Morgan fingerprint density at radius 1 is 0.667 bits per heavy atom. The monoisotopic (exact) mass is 550 g/mol. The lowest BCUT2D eigenvalue weighted by Crippen LogP contribution is -2.49. The summed E-state index contributed by atoms with van der Waals surface area (Å²) in [5, 5.41) is 39.9. The van der Waals surface area contributed by atoms with Crippen molar-refractivity contribution >= 4 is 53.1 Å².